The van der Waals surface area contributed by atoms with Crippen LogP contribution in [0.1, 0.15) is 6.92 Å². The fourth-order valence-corrected chi connectivity index (χ4v) is 1.33. The molecule has 0 heterocycles. The van der Waals surface area contributed by atoms with E-state index in [0.717, 1.165) is 9.32 Å². The van der Waals surface area contributed by atoms with Gasteiger partial charge >= 0.3 is 0 Å². The Morgan fingerprint density at radius 1 is 1.46 bits per heavy atom. The number of halogens is 2. The molecule has 0 bridgehead atoms. The number of nitrogens with two attached hydrogens (primary N) is 1. The minimum atomic E-state index is 0. The maximum Gasteiger partial charge on any atom is 0.132 e. The molecule has 1 rings (SSSR count). The molecule has 0 fully saturated rings. The van der Waals surface area contributed by atoms with Gasteiger partial charge in [-0.3, -0.25) is 0 Å². The van der Waals surface area contributed by atoms with Crippen LogP contribution in [0.3, 0.4) is 0 Å². The van der Waals surface area contributed by atoms with Crippen molar-refractivity contribution in [2.24, 2.45) is 5.73 Å². The highest BCUT2D eigenvalue weighted by Crippen LogP contribution is 2.19. The molecule has 74 valence electrons. The van der Waals surface area contributed by atoms with E-state index in [4.69, 9.17) is 10.5 Å². The second-order valence-electron chi connectivity index (χ2n) is 2.72. The molecule has 2 nitrogen and oxygen atoms in total. The van der Waals surface area contributed by atoms with E-state index in [0.29, 0.717) is 6.61 Å². The van der Waals surface area contributed by atoms with E-state index < -0.39 is 0 Å². The Morgan fingerprint density at radius 2 is 2.08 bits per heavy atom. The Kier molecular flexibility index (Phi) is 6.45. The van der Waals surface area contributed by atoms with Crippen molar-refractivity contribution in [2.75, 3.05) is 6.61 Å². The van der Waals surface area contributed by atoms with E-state index in [1.807, 2.05) is 31.2 Å². The smallest absolute Gasteiger partial charge is 0.132 e. The van der Waals surface area contributed by atoms with Gasteiger partial charge in [-0.15, -0.1) is 12.4 Å². The fraction of sp³-hybridized carbons (Fsp3) is 0.333. The Balaban J connectivity index is 0.00000144. The van der Waals surface area contributed by atoms with Gasteiger partial charge in [-0.05, 0) is 41.6 Å². The van der Waals surface area contributed by atoms with Crippen LogP contribution < -0.4 is 10.5 Å². The number of hydrogen-bond donors (Lipinski definition) is 1. The van der Waals surface area contributed by atoms with Gasteiger partial charge in [0.2, 0.25) is 0 Å². The highest BCUT2D eigenvalue weighted by atomic mass is 127. The quantitative estimate of drug-likeness (QED) is 0.870. The maximum atomic E-state index is 5.56. The van der Waals surface area contributed by atoms with Crippen LogP contribution in [0.25, 0.3) is 0 Å². The third kappa shape index (κ3) is 4.69. The summed E-state index contributed by atoms with van der Waals surface area (Å²) in [4.78, 5) is 0. The molecular weight excluding hydrogens is 300 g/mol. The number of hydrogen-bond acceptors (Lipinski definition) is 2. The number of para-hydroxylation sites is 1. The van der Waals surface area contributed by atoms with Gasteiger partial charge in [0.25, 0.3) is 0 Å². The van der Waals surface area contributed by atoms with Crippen LogP contribution in [0.5, 0.6) is 5.75 Å². The van der Waals surface area contributed by atoms with E-state index in [1.165, 1.54) is 0 Å². The Hall–Kier alpha value is -0.0000000000000000555. The fourth-order valence-electron chi connectivity index (χ4n) is 0.783. The average molecular weight is 314 g/mol. The molecule has 0 aliphatic carbocycles. The molecule has 1 atom stereocenters. The number of benzene rings is 1. The lowest BCUT2D eigenvalue weighted by Gasteiger charge is -2.09. The van der Waals surface area contributed by atoms with E-state index in [2.05, 4.69) is 22.6 Å². The summed E-state index contributed by atoms with van der Waals surface area (Å²) in [6, 6.07) is 7.99. The van der Waals surface area contributed by atoms with Crippen LogP contribution in [0.15, 0.2) is 24.3 Å². The zero-order valence-corrected chi connectivity index (χ0v) is 10.3. The van der Waals surface area contributed by atoms with Crippen molar-refractivity contribution in [1.29, 1.82) is 0 Å². The molecule has 0 aliphatic heterocycles. The van der Waals surface area contributed by atoms with Gasteiger partial charge < -0.3 is 10.5 Å². The molecule has 1 aromatic carbocycles. The lowest BCUT2D eigenvalue weighted by atomic mass is 10.3. The van der Waals surface area contributed by atoms with Crippen molar-refractivity contribution in [3.63, 3.8) is 0 Å². The zero-order valence-electron chi connectivity index (χ0n) is 7.37. The molecular formula is C9H13ClINO. The molecule has 2 N–H and O–H groups in total. The molecule has 0 radical (unpaired) electrons. The number of ether oxygens (including phenoxy) is 1. The Morgan fingerprint density at radius 3 is 2.62 bits per heavy atom. The summed E-state index contributed by atoms with van der Waals surface area (Å²) in [5.41, 5.74) is 5.56. The lowest BCUT2D eigenvalue weighted by Crippen LogP contribution is -2.23. The van der Waals surface area contributed by atoms with Crippen LogP contribution in [0.4, 0.5) is 0 Å². The van der Waals surface area contributed by atoms with Gasteiger partial charge in [0.15, 0.2) is 0 Å². The molecule has 0 saturated heterocycles. The monoisotopic (exact) mass is 313 g/mol. The summed E-state index contributed by atoms with van der Waals surface area (Å²) in [5.74, 6) is 0.912. The summed E-state index contributed by atoms with van der Waals surface area (Å²) in [5, 5.41) is 0. The van der Waals surface area contributed by atoms with E-state index in [1.54, 1.807) is 0 Å². The Labute approximate surface area is 98.4 Å². The Bertz CT molecular complexity index is 255. The van der Waals surface area contributed by atoms with Crippen LogP contribution in [-0.4, -0.2) is 12.6 Å². The van der Waals surface area contributed by atoms with Gasteiger partial charge in [0, 0.05) is 6.04 Å². The first-order valence-electron chi connectivity index (χ1n) is 3.83. The van der Waals surface area contributed by atoms with Gasteiger partial charge in [0.1, 0.15) is 12.4 Å². The summed E-state index contributed by atoms with van der Waals surface area (Å²) < 4.78 is 6.59. The second-order valence-corrected chi connectivity index (χ2v) is 3.88. The first-order chi connectivity index (χ1) is 5.70. The molecule has 0 saturated carbocycles. The standard InChI is InChI=1S/C9H12INO.ClH/c1-7(11)6-12-9-5-3-2-4-8(9)10;/h2-5,7H,6,11H2,1H3;1H/t7-;/m0./s1. The molecule has 0 amide bonds. The summed E-state index contributed by atoms with van der Waals surface area (Å²) in [6.45, 7) is 2.50. The molecule has 4 heteroatoms. The molecule has 0 aliphatic rings. The average Bonchev–Trinajstić information content (AvgIpc) is 2.03. The SMILES string of the molecule is C[C@H](N)COc1ccccc1I.Cl. The van der Waals surface area contributed by atoms with E-state index in [9.17, 15) is 0 Å². The van der Waals surface area contributed by atoms with E-state index >= 15 is 0 Å². The van der Waals surface area contributed by atoms with Gasteiger partial charge in [-0.2, -0.15) is 0 Å². The third-order valence-corrected chi connectivity index (χ3v) is 2.23. The molecule has 0 unspecified atom stereocenters. The van der Waals surface area contributed by atoms with Gasteiger partial charge in [0.05, 0.1) is 3.57 Å². The van der Waals surface area contributed by atoms with Crippen LogP contribution >= 0.6 is 35.0 Å². The molecule has 1 aromatic rings. The third-order valence-electron chi connectivity index (χ3n) is 1.34. The van der Waals surface area contributed by atoms with Gasteiger partial charge in [-0.1, -0.05) is 12.1 Å². The first kappa shape index (κ1) is 13.0. The van der Waals surface area contributed by atoms with Crippen molar-refractivity contribution in [3.8, 4) is 5.75 Å². The zero-order chi connectivity index (χ0) is 8.97. The lowest BCUT2D eigenvalue weighted by molar-refractivity contribution is 0.294. The second kappa shape index (κ2) is 6.45. The van der Waals surface area contributed by atoms with Crippen molar-refractivity contribution in [2.45, 2.75) is 13.0 Å². The normalized spacial score (nSPS) is 11.6. The molecule has 13 heavy (non-hydrogen) atoms. The van der Waals surface area contributed by atoms with Gasteiger partial charge in [-0.25, -0.2) is 0 Å². The van der Waals surface area contributed by atoms with Crippen molar-refractivity contribution in [1.82, 2.24) is 0 Å². The van der Waals surface area contributed by atoms with E-state index in [-0.39, 0.29) is 18.4 Å². The van der Waals surface area contributed by atoms with Crippen LogP contribution in [-0.2, 0) is 0 Å². The summed E-state index contributed by atoms with van der Waals surface area (Å²) >= 11 is 2.24. The van der Waals surface area contributed by atoms with Crippen LogP contribution in [0.2, 0.25) is 0 Å². The maximum absolute atomic E-state index is 5.56. The van der Waals surface area contributed by atoms with Crippen LogP contribution in [0, 0.1) is 3.57 Å². The molecule has 0 spiro atoms. The summed E-state index contributed by atoms with van der Waals surface area (Å²) in [7, 11) is 0. The van der Waals surface area contributed by atoms with Crippen molar-refractivity contribution < 1.29 is 4.74 Å². The predicted molar refractivity (Wildman–Crippen MR) is 65.6 cm³/mol. The molecule has 0 aromatic heterocycles. The topological polar surface area (TPSA) is 35.2 Å². The predicted octanol–water partition coefficient (Wildman–Crippen LogP) is 2.44. The highest BCUT2D eigenvalue weighted by molar-refractivity contribution is 14.1. The number of rotatable bonds is 3. The van der Waals surface area contributed by atoms with Crippen molar-refractivity contribution in [3.05, 3.63) is 27.8 Å². The van der Waals surface area contributed by atoms with Crippen molar-refractivity contribution >= 4 is 35.0 Å². The first-order valence-corrected chi connectivity index (χ1v) is 4.91. The largest absolute Gasteiger partial charge is 0.491 e. The minimum Gasteiger partial charge on any atom is -0.491 e. The highest BCUT2D eigenvalue weighted by Gasteiger charge is 1.99. The summed E-state index contributed by atoms with van der Waals surface area (Å²) in [6.07, 6.45) is 0. The minimum absolute atomic E-state index is 0.